The third-order valence-electron chi connectivity index (χ3n) is 5.91. The first-order valence-electron chi connectivity index (χ1n) is 7.79. The van der Waals surface area contributed by atoms with Crippen LogP contribution in [0.15, 0.2) is 48.6 Å². The van der Waals surface area contributed by atoms with Gasteiger partial charge < -0.3 is 0 Å². The Morgan fingerprint density at radius 2 is 1.29 bits per heavy atom. The van der Waals surface area contributed by atoms with Crippen molar-refractivity contribution in [1.82, 2.24) is 0 Å². The van der Waals surface area contributed by atoms with Crippen molar-refractivity contribution in [3.8, 4) is 24.3 Å². The van der Waals surface area contributed by atoms with Crippen LogP contribution in [0.25, 0.3) is 5.57 Å². The summed E-state index contributed by atoms with van der Waals surface area (Å²) in [4.78, 5) is 0. The molecule has 1 saturated carbocycles. The predicted octanol–water partition coefficient (Wildman–Crippen LogP) is 3.20. The van der Waals surface area contributed by atoms with Crippen LogP contribution in [0.5, 0.6) is 0 Å². The molecule has 1 fully saturated rings. The maximum absolute atomic E-state index is 9.82. The summed E-state index contributed by atoms with van der Waals surface area (Å²) in [6.07, 6.45) is 5.84. The third kappa shape index (κ3) is 1.31. The maximum Gasteiger partial charge on any atom is 0.182 e. The number of benzene rings is 1. The summed E-state index contributed by atoms with van der Waals surface area (Å²) in [7, 11) is 0. The van der Waals surface area contributed by atoms with E-state index in [0.29, 0.717) is 0 Å². The lowest BCUT2D eigenvalue weighted by atomic mass is 9.37. The number of hydrogen-bond acceptors (Lipinski definition) is 4. The van der Waals surface area contributed by atoms with Crippen LogP contribution < -0.4 is 0 Å². The summed E-state index contributed by atoms with van der Waals surface area (Å²) in [6.45, 7) is 0. The molecule has 4 atom stereocenters. The van der Waals surface area contributed by atoms with Gasteiger partial charge in [0.15, 0.2) is 10.8 Å². The summed E-state index contributed by atoms with van der Waals surface area (Å²) < 4.78 is 0. The monoisotopic (exact) mass is 308 g/mol. The molecule has 5 rings (SSSR count). The van der Waals surface area contributed by atoms with Crippen molar-refractivity contribution >= 4 is 5.57 Å². The molecule has 0 heterocycles. The van der Waals surface area contributed by atoms with E-state index in [1.807, 2.05) is 54.6 Å². The molecule has 4 heteroatoms. The number of rotatable bonds is 1. The molecule has 0 N–H and O–H groups in total. The number of hydrogen-bond donors (Lipinski definition) is 0. The summed E-state index contributed by atoms with van der Waals surface area (Å²) in [5.74, 6) is -0.822. The Morgan fingerprint density at radius 1 is 0.750 bits per heavy atom. The molecule has 4 nitrogen and oxygen atoms in total. The summed E-state index contributed by atoms with van der Waals surface area (Å²) >= 11 is 0. The SMILES string of the molecule is N#CC1(C#N)[C@H]2C=C[C@@H]([C@@H]3C(c4ccccc4)=C[C@H]32)C1(C#N)C#N. The molecule has 1 aromatic carbocycles. The Morgan fingerprint density at radius 3 is 1.88 bits per heavy atom. The minimum absolute atomic E-state index is 0.0107. The van der Waals surface area contributed by atoms with Crippen LogP contribution >= 0.6 is 0 Å². The fraction of sp³-hybridized carbons (Fsp3) is 0.300. The van der Waals surface area contributed by atoms with Gasteiger partial charge in [0.05, 0.1) is 24.3 Å². The number of fused-ring (bicyclic) bond motifs is 1. The largest absolute Gasteiger partial charge is 0.196 e. The zero-order chi connectivity index (χ0) is 16.9. The van der Waals surface area contributed by atoms with Gasteiger partial charge in [-0.2, -0.15) is 21.0 Å². The van der Waals surface area contributed by atoms with Crippen molar-refractivity contribution in [2.24, 2.45) is 34.5 Å². The van der Waals surface area contributed by atoms with E-state index in [1.165, 1.54) is 0 Å². The molecular formula is C20H12N4. The molecule has 2 bridgehead atoms. The highest BCUT2D eigenvalue weighted by Crippen LogP contribution is 2.69. The lowest BCUT2D eigenvalue weighted by Gasteiger charge is -2.59. The standard InChI is InChI=1S/C20H12N4/c21-9-19(10-22)16-6-7-17(20(19,11-23)12-24)18-14(8-15(16)18)13-4-2-1-3-5-13/h1-8,15-18H/t15-,16-,17-,18+/m0/s1. The molecular weight excluding hydrogens is 296 g/mol. The molecule has 4 aliphatic rings. The number of nitriles is 4. The van der Waals surface area contributed by atoms with Gasteiger partial charge in [0, 0.05) is 17.8 Å². The molecule has 24 heavy (non-hydrogen) atoms. The number of nitrogens with zero attached hydrogens (tertiary/aromatic N) is 4. The fourth-order valence-electron chi connectivity index (χ4n) is 4.75. The van der Waals surface area contributed by atoms with E-state index in [4.69, 9.17) is 0 Å². The van der Waals surface area contributed by atoms with Gasteiger partial charge in [0.25, 0.3) is 0 Å². The van der Waals surface area contributed by atoms with Gasteiger partial charge >= 0.3 is 0 Å². The highest BCUT2D eigenvalue weighted by Gasteiger charge is 2.72. The Hall–Kier alpha value is -3.34. The van der Waals surface area contributed by atoms with Gasteiger partial charge in [-0.3, -0.25) is 0 Å². The van der Waals surface area contributed by atoms with Crippen molar-refractivity contribution in [1.29, 1.82) is 21.0 Å². The van der Waals surface area contributed by atoms with E-state index < -0.39 is 22.7 Å². The minimum Gasteiger partial charge on any atom is -0.196 e. The second-order valence-corrected chi connectivity index (χ2v) is 6.59. The van der Waals surface area contributed by atoms with Crippen LogP contribution in [0.3, 0.4) is 0 Å². The van der Waals surface area contributed by atoms with Crippen LogP contribution in [0, 0.1) is 79.8 Å². The van der Waals surface area contributed by atoms with Crippen LogP contribution in [0.4, 0.5) is 0 Å². The van der Waals surface area contributed by atoms with Gasteiger partial charge in [-0.1, -0.05) is 48.6 Å². The average molecular weight is 308 g/mol. The molecule has 0 saturated heterocycles. The maximum atomic E-state index is 9.82. The van der Waals surface area contributed by atoms with Crippen LogP contribution in [-0.2, 0) is 0 Å². The van der Waals surface area contributed by atoms with E-state index in [9.17, 15) is 21.0 Å². The molecule has 0 spiro atoms. The van der Waals surface area contributed by atoms with Gasteiger partial charge in [-0.05, 0) is 17.1 Å². The topological polar surface area (TPSA) is 95.2 Å². The summed E-state index contributed by atoms with van der Waals surface area (Å²) in [6, 6.07) is 18.1. The lowest BCUT2D eigenvalue weighted by Crippen LogP contribution is -2.62. The van der Waals surface area contributed by atoms with E-state index in [1.54, 1.807) is 0 Å². The minimum atomic E-state index is -1.63. The van der Waals surface area contributed by atoms with Crippen molar-refractivity contribution < 1.29 is 0 Å². The second-order valence-electron chi connectivity index (χ2n) is 6.59. The lowest BCUT2D eigenvalue weighted by molar-refractivity contribution is 0.0152. The summed E-state index contributed by atoms with van der Waals surface area (Å²) in [5, 5.41) is 39.1. The van der Waals surface area contributed by atoms with Crippen molar-refractivity contribution in [3.05, 3.63) is 54.1 Å². The zero-order valence-electron chi connectivity index (χ0n) is 12.7. The average Bonchev–Trinajstić information content (AvgIpc) is 2.62. The Kier molecular flexibility index (Phi) is 2.72. The van der Waals surface area contributed by atoms with Crippen molar-refractivity contribution in [3.63, 3.8) is 0 Å². The van der Waals surface area contributed by atoms with Gasteiger partial charge in [0.2, 0.25) is 0 Å². The van der Waals surface area contributed by atoms with E-state index >= 15 is 0 Å². The quantitative estimate of drug-likeness (QED) is 0.744. The van der Waals surface area contributed by atoms with E-state index in [0.717, 1.165) is 11.1 Å². The smallest absolute Gasteiger partial charge is 0.182 e. The van der Waals surface area contributed by atoms with Gasteiger partial charge in [-0.25, -0.2) is 0 Å². The Balaban J connectivity index is 1.92. The summed E-state index contributed by atoms with van der Waals surface area (Å²) in [5.41, 5.74) is -1.07. The van der Waals surface area contributed by atoms with E-state index in [-0.39, 0.29) is 11.8 Å². The molecule has 1 aromatic rings. The molecule has 0 aromatic heterocycles. The zero-order valence-corrected chi connectivity index (χ0v) is 12.7. The molecule has 0 aliphatic heterocycles. The van der Waals surface area contributed by atoms with Crippen LogP contribution in [-0.4, -0.2) is 0 Å². The molecule has 0 amide bonds. The van der Waals surface area contributed by atoms with Gasteiger partial charge in [-0.15, -0.1) is 0 Å². The molecule has 4 aliphatic carbocycles. The van der Waals surface area contributed by atoms with Gasteiger partial charge in [0.1, 0.15) is 0 Å². The Bertz CT molecular complexity index is 915. The fourth-order valence-corrected chi connectivity index (χ4v) is 4.75. The Labute approximate surface area is 140 Å². The highest BCUT2D eigenvalue weighted by molar-refractivity contribution is 5.76. The number of allylic oxidation sites excluding steroid dienone is 4. The third-order valence-corrected chi connectivity index (χ3v) is 5.91. The second kappa shape index (κ2) is 4.58. The predicted molar refractivity (Wildman–Crippen MR) is 84.8 cm³/mol. The van der Waals surface area contributed by atoms with Crippen LogP contribution in [0.2, 0.25) is 0 Å². The van der Waals surface area contributed by atoms with Crippen molar-refractivity contribution in [2.45, 2.75) is 0 Å². The highest BCUT2D eigenvalue weighted by atomic mass is 14.7. The van der Waals surface area contributed by atoms with Crippen molar-refractivity contribution in [2.75, 3.05) is 0 Å². The van der Waals surface area contributed by atoms with E-state index in [2.05, 4.69) is 18.2 Å². The first-order valence-corrected chi connectivity index (χ1v) is 7.79. The first-order chi connectivity index (χ1) is 11.7. The molecule has 112 valence electrons. The molecule has 0 radical (unpaired) electrons. The first kappa shape index (κ1) is 14.3. The molecule has 0 unspecified atom stereocenters. The normalized spacial score (nSPS) is 32.8. The van der Waals surface area contributed by atoms with Crippen LogP contribution in [0.1, 0.15) is 5.56 Å².